The summed E-state index contributed by atoms with van der Waals surface area (Å²) >= 11 is 0. The molecule has 0 aliphatic heterocycles. The molecule has 1 rings (SSSR count). The van der Waals surface area contributed by atoms with E-state index in [1.165, 1.54) is 11.6 Å². The van der Waals surface area contributed by atoms with E-state index in [0.29, 0.717) is 13.2 Å². The summed E-state index contributed by atoms with van der Waals surface area (Å²) in [5.41, 5.74) is 1.99. The number of carboxylic acids is 1. The first-order valence-electron chi connectivity index (χ1n) is 6.30. The van der Waals surface area contributed by atoms with Crippen LogP contribution in [0.4, 0.5) is 0 Å². The van der Waals surface area contributed by atoms with Crippen LogP contribution in [0.5, 0.6) is 5.75 Å². The molecule has 0 fully saturated rings. The van der Waals surface area contributed by atoms with Gasteiger partial charge in [0.1, 0.15) is 12.4 Å². The molecule has 1 unspecified atom stereocenters. The zero-order valence-electron chi connectivity index (χ0n) is 11.6. The normalized spacial score (nSPS) is 13.1. The van der Waals surface area contributed by atoms with Gasteiger partial charge in [0.25, 0.3) is 0 Å². The molecule has 2 N–H and O–H groups in total. The summed E-state index contributed by atoms with van der Waals surface area (Å²) in [5.74, 6) is -0.0695. The minimum Gasteiger partial charge on any atom is -0.492 e. The highest BCUT2D eigenvalue weighted by atomic mass is 16.5. The van der Waals surface area contributed by atoms with Crippen molar-refractivity contribution in [2.45, 2.75) is 26.8 Å². The monoisotopic (exact) mass is 263 g/mol. The summed E-state index contributed by atoms with van der Waals surface area (Å²) in [4.78, 5) is 10.5. The van der Waals surface area contributed by atoms with E-state index in [9.17, 15) is 4.79 Å². The van der Waals surface area contributed by atoms with Crippen LogP contribution >= 0.6 is 0 Å². The number of rotatable bonds is 7. The molecule has 0 heterocycles. The van der Waals surface area contributed by atoms with Crippen molar-refractivity contribution in [3.05, 3.63) is 41.5 Å². The number of carboxylic acid groups (broad SMARTS) is 1. The molecule has 4 heteroatoms. The summed E-state index contributed by atoms with van der Waals surface area (Å²) in [7, 11) is 0. The van der Waals surface area contributed by atoms with Crippen LogP contribution < -0.4 is 10.1 Å². The molecular formula is C15H21NO3. The van der Waals surface area contributed by atoms with Gasteiger partial charge < -0.3 is 15.2 Å². The van der Waals surface area contributed by atoms with E-state index >= 15 is 0 Å². The molecule has 19 heavy (non-hydrogen) atoms. The largest absolute Gasteiger partial charge is 0.492 e. The van der Waals surface area contributed by atoms with Crippen molar-refractivity contribution in [3.63, 3.8) is 0 Å². The molecule has 104 valence electrons. The van der Waals surface area contributed by atoms with Crippen molar-refractivity contribution >= 4 is 5.97 Å². The molecule has 0 bridgehead atoms. The molecule has 0 amide bonds. The van der Waals surface area contributed by atoms with Crippen molar-refractivity contribution in [2.24, 2.45) is 0 Å². The van der Waals surface area contributed by atoms with Crippen molar-refractivity contribution in [1.82, 2.24) is 5.32 Å². The molecule has 0 aliphatic carbocycles. The highest BCUT2D eigenvalue weighted by Gasteiger charge is 2.03. The number of hydrogen-bond acceptors (Lipinski definition) is 3. The first-order valence-corrected chi connectivity index (χ1v) is 6.30. The minimum atomic E-state index is -0.914. The number of nitrogens with one attached hydrogen (secondary N) is 1. The molecule has 0 radical (unpaired) electrons. The smallest absolute Gasteiger partial charge is 0.328 e. The average Bonchev–Trinajstić information content (AvgIpc) is 2.35. The van der Waals surface area contributed by atoms with Crippen molar-refractivity contribution < 1.29 is 14.6 Å². The Morgan fingerprint density at radius 1 is 1.42 bits per heavy atom. The molecule has 0 aromatic heterocycles. The molecule has 0 aliphatic rings. The van der Waals surface area contributed by atoms with Gasteiger partial charge in [-0.25, -0.2) is 4.79 Å². The topological polar surface area (TPSA) is 58.6 Å². The standard InChI is InChI=1S/C15H21NO3/c1-11-4-6-14(7-5-11)19-10-13(3)16-9-12(2)8-15(17)18/h4-8,13,16H,9-10H2,1-3H3,(H,17,18)/b12-8+. The molecular weight excluding hydrogens is 242 g/mol. The maximum absolute atomic E-state index is 10.5. The fourth-order valence-corrected chi connectivity index (χ4v) is 1.51. The van der Waals surface area contributed by atoms with Crippen molar-refractivity contribution in [2.75, 3.05) is 13.2 Å². The van der Waals surface area contributed by atoms with Crippen molar-refractivity contribution in [3.8, 4) is 5.75 Å². The van der Waals surface area contributed by atoms with E-state index in [1.54, 1.807) is 6.92 Å². The first kappa shape index (κ1) is 15.2. The highest BCUT2D eigenvalue weighted by molar-refractivity contribution is 5.80. The van der Waals surface area contributed by atoms with Crippen molar-refractivity contribution in [1.29, 1.82) is 0 Å². The average molecular weight is 263 g/mol. The van der Waals surface area contributed by atoms with Gasteiger partial charge in [0.05, 0.1) is 0 Å². The van der Waals surface area contributed by atoms with Crippen LogP contribution in [-0.2, 0) is 4.79 Å². The first-order chi connectivity index (χ1) is 8.97. The Kier molecular flexibility index (Phi) is 6.09. The van der Waals surface area contributed by atoms with Gasteiger partial charge in [-0.2, -0.15) is 0 Å². The summed E-state index contributed by atoms with van der Waals surface area (Å²) in [6, 6.07) is 8.05. The van der Waals surface area contributed by atoms with Crippen LogP contribution in [0.3, 0.4) is 0 Å². The van der Waals surface area contributed by atoms with E-state index in [0.717, 1.165) is 11.3 Å². The van der Waals surface area contributed by atoms with Gasteiger partial charge in [0, 0.05) is 18.7 Å². The second-order valence-corrected chi connectivity index (χ2v) is 4.73. The lowest BCUT2D eigenvalue weighted by molar-refractivity contribution is -0.131. The van der Waals surface area contributed by atoms with Gasteiger partial charge in [-0.15, -0.1) is 0 Å². The molecule has 0 saturated heterocycles. The molecule has 1 atom stereocenters. The maximum Gasteiger partial charge on any atom is 0.328 e. The fourth-order valence-electron chi connectivity index (χ4n) is 1.51. The van der Waals surface area contributed by atoms with E-state index in [4.69, 9.17) is 9.84 Å². The summed E-state index contributed by atoms with van der Waals surface area (Å²) < 4.78 is 5.64. The van der Waals surface area contributed by atoms with Crippen LogP contribution in [0.2, 0.25) is 0 Å². The summed E-state index contributed by atoms with van der Waals surface area (Å²) in [6.45, 7) is 6.91. The Labute approximate surface area is 114 Å². The summed E-state index contributed by atoms with van der Waals surface area (Å²) in [5, 5.41) is 11.8. The molecule has 4 nitrogen and oxygen atoms in total. The Bertz CT molecular complexity index is 437. The van der Waals surface area contributed by atoms with Crippen LogP contribution in [-0.4, -0.2) is 30.3 Å². The third kappa shape index (κ3) is 6.62. The zero-order valence-corrected chi connectivity index (χ0v) is 11.6. The number of hydrogen-bond donors (Lipinski definition) is 2. The van der Waals surface area contributed by atoms with Gasteiger partial charge in [-0.1, -0.05) is 23.3 Å². The molecule has 1 aromatic rings. The van der Waals surface area contributed by atoms with E-state index in [-0.39, 0.29) is 6.04 Å². The number of ether oxygens (including phenoxy) is 1. The van der Waals surface area contributed by atoms with Crippen LogP contribution in [0.25, 0.3) is 0 Å². The van der Waals surface area contributed by atoms with E-state index < -0.39 is 5.97 Å². The lowest BCUT2D eigenvalue weighted by Gasteiger charge is -2.15. The minimum absolute atomic E-state index is 0.151. The van der Waals surface area contributed by atoms with E-state index in [1.807, 2.05) is 38.1 Å². The predicted molar refractivity (Wildman–Crippen MR) is 75.5 cm³/mol. The number of carbonyl (C=O) groups is 1. The lowest BCUT2D eigenvalue weighted by atomic mass is 10.2. The lowest BCUT2D eigenvalue weighted by Crippen LogP contribution is -2.33. The quantitative estimate of drug-likeness (QED) is 0.742. The fraction of sp³-hybridized carbons (Fsp3) is 0.400. The van der Waals surface area contributed by atoms with Gasteiger partial charge in [-0.3, -0.25) is 0 Å². The Balaban J connectivity index is 2.30. The van der Waals surface area contributed by atoms with Crippen LogP contribution in [0.1, 0.15) is 19.4 Å². The number of aliphatic carboxylic acids is 1. The maximum atomic E-state index is 10.5. The summed E-state index contributed by atoms with van der Waals surface area (Å²) in [6.07, 6.45) is 1.21. The molecule has 0 spiro atoms. The van der Waals surface area contributed by atoms with Gasteiger partial charge >= 0.3 is 5.97 Å². The Morgan fingerprint density at radius 2 is 2.05 bits per heavy atom. The third-order valence-corrected chi connectivity index (χ3v) is 2.62. The van der Waals surface area contributed by atoms with Gasteiger partial charge in [0.2, 0.25) is 0 Å². The second-order valence-electron chi connectivity index (χ2n) is 4.73. The van der Waals surface area contributed by atoms with Gasteiger partial charge in [0.15, 0.2) is 0 Å². The highest BCUT2D eigenvalue weighted by Crippen LogP contribution is 2.11. The third-order valence-electron chi connectivity index (χ3n) is 2.62. The second kappa shape index (κ2) is 7.59. The van der Waals surface area contributed by atoms with Crippen LogP contribution in [0, 0.1) is 6.92 Å². The Morgan fingerprint density at radius 3 is 2.63 bits per heavy atom. The van der Waals surface area contributed by atoms with Crippen LogP contribution in [0.15, 0.2) is 35.9 Å². The number of benzene rings is 1. The number of aryl methyl sites for hydroxylation is 1. The predicted octanol–water partition coefficient (Wildman–Crippen LogP) is 2.38. The van der Waals surface area contributed by atoms with Gasteiger partial charge in [-0.05, 0) is 32.9 Å². The van der Waals surface area contributed by atoms with E-state index in [2.05, 4.69) is 5.32 Å². The zero-order chi connectivity index (χ0) is 14.3. The SMILES string of the molecule is C/C(=C\C(=O)O)CNC(C)COc1ccc(C)cc1. The molecule has 1 aromatic carbocycles. The molecule has 0 saturated carbocycles. The Hall–Kier alpha value is -1.81.